The molecular formula is C11H6F3NO. The van der Waals surface area contributed by atoms with Gasteiger partial charge in [0.25, 0.3) is 0 Å². The van der Waals surface area contributed by atoms with Crippen LogP contribution >= 0.6 is 0 Å². The molecule has 2 aromatic rings. The van der Waals surface area contributed by atoms with Crippen molar-refractivity contribution < 1.29 is 13.2 Å². The first-order chi connectivity index (χ1) is 7.59. The molecule has 82 valence electrons. The van der Waals surface area contributed by atoms with Crippen LogP contribution in [0.1, 0.15) is 0 Å². The van der Waals surface area contributed by atoms with Crippen LogP contribution in [0.3, 0.4) is 0 Å². The van der Waals surface area contributed by atoms with Gasteiger partial charge in [-0.2, -0.15) is 4.39 Å². The molecule has 2 rings (SSSR count). The summed E-state index contributed by atoms with van der Waals surface area (Å²) < 4.78 is 39.5. The van der Waals surface area contributed by atoms with E-state index in [9.17, 15) is 18.0 Å². The quantitative estimate of drug-likeness (QED) is 0.743. The Morgan fingerprint density at radius 2 is 1.69 bits per heavy atom. The molecule has 16 heavy (non-hydrogen) atoms. The molecule has 0 aliphatic heterocycles. The second kappa shape index (κ2) is 3.84. The Morgan fingerprint density at radius 3 is 2.38 bits per heavy atom. The van der Waals surface area contributed by atoms with Crippen molar-refractivity contribution in [1.82, 2.24) is 4.98 Å². The molecule has 1 heterocycles. The lowest BCUT2D eigenvalue weighted by atomic mass is 10.1. The van der Waals surface area contributed by atoms with Crippen LogP contribution in [0.25, 0.3) is 11.1 Å². The largest absolute Gasteiger partial charge is 0.298 e. The summed E-state index contributed by atoms with van der Waals surface area (Å²) in [4.78, 5) is 12.6. The molecule has 1 aromatic carbocycles. The van der Waals surface area contributed by atoms with Crippen LogP contribution in [0, 0.1) is 17.6 Å². The molecule has 0 amide bonds. The summed E-state index contributed by atoms with van der Waals surface area (Å²) in [5, 5.41) is 0. The van der Waals surface area contributed by atoms with Crippen molar-refractivity contribution in [1.29, 1.82) is 0 Å². The number of nitrogens with one attached hydrogen (secondary N) is 1. The van der Waals surface area contributed by atoms with Gasteiger partial charge in [0.1, 0.15) is 0 Å². The summed E-state index contributed by atoms with van der Waals surface area (Å²) in [6.45, 7) is 0. The molecule has 1 N–H and O–H groups in total. The van der Waals surface area contributed by atoms with Gasteiger partial charge in [-0.1, -0.05) is 12.1 Å². The maximum Gasteiger partial charge on any atom is 0.250 e. The number of H-pyrrole nitrogens is 1. The van der Waals surface area contributed by atoms with E-state index < -0.39 is 23.1 Å². The Kier molecular flexibility index (Phi) is 2.52. The molecule has 0 bridgehead atoms. The van der Waals surface area contributed by atoms with Crippen LogP contribution in [0.2, 0.25) is 0 Å². The van der Waals surface area contributed by atoms with E-state index in [0.29, 0.717) is 0 Å². The highest BCUT2D eigenvalue weighted by Gasteiger charge is 2.13. The fraction of sp³-hybridized carbons (Fsp3) is 0. The minimum Gasteiger partial charge on any atom is -0.298 e. The van der Waals surface area contributed by atoms with E-state index in [1.54, 1.807) is 0 Å². The zero-order valence-corrected chi connectivity index (χ0v) is 7.93. The molecular weight excluding hydrogens is 219 g/mol. The van der Waals surface area contributed by atoms with Crippen molar-refractivity contribution in [2.24, 2.45) is 0 Å². The summed E-state index contributed by atoms with van der Waals surface area (Å²) in [6.07, 6.45) is 0. The lowest BCUT2D eigenvalue weighted by molar-refractivity contribution is 0.509. The molecule has 2 nitrogen and oxygen atoms in total. The topological polar surface area (TPSA) is 32.9 Å². The minimum absolute atomic E-state index is 0.184. The summed E-state index contributed by atoms with van der Waals surface area (Å²) in [5.74, 6) is -3.20. The number of hydrogen-bond donors (Lipinski definition) is 1. The average Bonchev–Trinajstić information content (AvgIpc) is 2.23. The van der Waals surface area contributed by atoms with Crippen LogP contribution in [-0.4, -0.2) is 4.98 Å². The molecule has 0 spiro atoms. The summed E-state index contributed by atoms with van der Waals surface area (Å²) in [5.41, 5.74) is -1.05. The number of aromatic amines is 1. The second-order valence-corrected chi connectivity index (χ2v) is 3.15. The van der Waals surface area contributed by atoms with Gasteiger partial charge in [-0.3, -0.25) is 9.78 Å². The molecule has 0 atom stereocenters. The fourth-order valence-corrected chi connectivity index (χ4v) is 1.37. The van der Waals surface area contributed by atoms with Gasteiger partial charge in [0, 0.05) is 17.2 Å². The number of pyridine rings is 1. The van der Waals surface area contributed by atoms with Gasteiger partial charge in [-0.25, -0.2) is 8.78 Å². The molecule has 0 unspecified atom stereocenters. The van der Waals surface area contributed by atoms with E-state index in [4.69, 9.17) is 0 Å². The van der Waals surface area contributed by atoms with E-state index in [1.165, 1.54) is 12.1 Å². The molecule has 0 aliphatic carbocycles. The molecule has 1 aromatic heterocycles. The first-order valence-corrected chi connectivity index (χ1v) is 4.43. The van der Waals surface area contributed by atoms with Gasteiger partial charge in [0.05, 0.1) is 0 Å². The third-order valence-corrected chi connectivity index (χ3v) is 2.11. The van der Waals surface area contributed by atoms with E-state index >= 15 is 0 Å². The summed E-state index contributed by atoms with van der Waals surface area (Å²) in [7, 11) is 0. The van der Waals surface area contributed by atoms with Gasteiger partial charge in [-0.05, 0) is 12.1 Å². The molecule has 0 saturated heterocycles. The Labute approximate surface area is 88.4 Å². The maximum atomic E-state index is 13.3. The Balaban J connectivity index is 2.68. The summed E-state index contributed by atoms with van der Waals surface area (Å²) >= 11 is 0. The van der Waals surface area contributed by atoms with Gasteiger partial charge in [-0.15, -0.1) is 0 Å². The Bertz CT molecular complexity index is 592. The van der Waals surface area contributed by atoms with Crippen LogP contribution in [0.4, 0.5) is 13.2 Å². The van der Waals surface area contributed by atoms with E-state index in [2.05, 4.69) is 0 Å². The highest BCUT2D eigenvalue weighted by molar-refractivity contribution is 5.63. The predicted octanol–water partition coefficient (Wildman–Crippen LogP) is 2.46. The molecule has 0 aliphatic rings. The normalized spacial score (nSPS) is 10.4. The van der Waals surface area contributed by atoms with Crippen molar-refractivity contribution >= 4 is 0 Å². The minimum atomic E-state index is -1.14. The predicted molar refractivity (Wildman–Crippen MR) is 52.4 cm³/mol. The van der Waals surface area contributed by atoms with Crippen LogP contribution < -0.4 is 5.56 Å². The summed E-state index contributed by atoms with van der Waals surface area (Å²) in [6, 6.07) is 5.57. The SMILES string of the molecule is O=c1ccc(-c2cccc(F)c2F)c(F)[nH]1. The molecule has 0 fully saturated rings. The Hall–Kier alpha value is -2.04. The van der Waals surface area contributed by atoms with E-state index in [0.717, 1.165) is 18.2 Å². The lowest BCUT2D eigenvalue weighted by Crippen LogP contribution is -2.07. The first kappa shape index (κ1) is 10.5. The van der Waals surface area contributed by atoms with Crippen LogP contribution in [0.5, 0.6) is 0 Å². The van der Waals surface area contributed by atoms with Crippen LogP contribution in [-0.2, 0) is 0 Å². The zero-order valence-electron chi connectivity index (χ0n) is 7.93. The van der Waals surface area contributed by atoms with Crippen LogP contribution in [0.15, 0.2) is 35.1 Å². The van der Waals surface area contributed by atoms with Crippen molar-refractivity contribution in [3.8, 4) is 11.1 Å². The second-order valence-electron chi connectivity index (χ2n) is 3.15. The highest BCUT2D eigenvalue weighted by Crippen LogP contribution is 2.24. The van der Waals surface area contributed by atoms with Crippen molar-refractivity contribution in [3.05, 3.63) is 58.3 Å². The monoisotopic (exact) mass is 225 g/mol. The third-order valence-electron chi connectivity index (χ3n) is 2.11. The van der Waals surface area contributed by atoms with Crippen molar-refractivity contribution in [2.45, 2.75) is 0 Å². The van der Waals surface area contributed by atoms with Gasteiger partial charge >= 0.3 is 0 Å². The van der Waals surface area contributed by atoms with Crippen molar-refractivity contribution in [2.75, 3.05) is 0 Å². The highest BCUT2D eigenvalue weighted by atomic mass is 19.2. The zero-order chi connectivity index (χ0) is 11.7. The van der Waals surface area contributed by atoms with E-state index in [1.807, 2.05) is 4.98 Å². The number of rotatable bonds is 1. The molecule has 5 heteroatoms. The average molecular weight is 225 g/mol. The van der Waals surface area contributed by atoms with Crippen molar-refractivity contribution in [3.63, 3.8) is 0 Å². The molecule has 0 radical (unpaired) electrons. The number of hydrogen-bond acceptors (Lipinski definition) is 1. The standard InChI is InChI=1S/C11H6F3NO/c12-8-3-1-2-6(10(8)13)7-4-5-9(16)15-11(7)14/h1-5H,(H,15,16). The molecule has 0 saturated carbocycles. The fourth-order valence-electron chi connectivity index (χ4n) is 1.37. The van der Waals surface area contributed by atoms with Gasteiger partial charge in [0.15, 0.2) is 11.6 Å². The Morgan fingerprint density at radius 1 is 0.938 bits per heavy atom. The number of benzene rings is 1. The number of aromatic nitrogens is 1. The number of halogens is 3. The first-order valence-electron chi connectivity index (χ1n) is 4.43. The lowest BCUT2D eigenvalue weighted by Gasteiger charge is -2.04. The smallest absolute Gasteiger partial charge is 0.250 e. The third kappa shape index (κ3) is 1.71. The van der Waals surface area contributed by atoms with E-state index in [-0.39, 0.29) is 11.1 Å². The van der Waals surface area contributed by atoms with Gasteiger partial charge < -0.3 is 0 Å². The van der Waals surface area contributed by atoms with Gasteiger partial charge in [0.2, 0.25) is 11.5 Å². The maximum absolute atomic E-state index is 13.3.